The molecule has 3 N–H and O–H groups in total. The number of pyridine rings is 1. The summed E-state index contributed by atoms with van der Waals surface area (Å²) in [5.74, 6) is 1.22. The number of aliphatic imine (C=N–C) groups is 1. The zero-order chi connectivity index (χ0) is 14.4. The number of guanidine groups is 1. The van der Waals surface area contributed by atoms with Gasteiger partial charge in [0.2, 0.25) is 0 Å². The fourth-order valence-corrected chi connectivity index (χ4v) is 2.53. The highest BCUT2D eigenvalue weighted by molar-refractivity contribution is 6.00. The maximum absolute atomic E-state index is 5.93. The van der Waals surface area contributed by atoms with Gasteiger partial charge in [-0.1, -0.05) is 29.8 Å². The van der Waals surface area contributed by atoms with Crippen molar-refractivity contribution in [3.8, 4) is 0 Å². The van der Waals surface area contributed by atoms with E-state index in [0.29, 0.717) is 11.6 Å². The topological polar surface area (TPSA) is 81.1 Å². The van der Waals surface area contributed by atoms with E-state index in [0.717, 1.165) is 16.8 Å². The summed E-state index contributed by atoms with van der Waals surface area (Å²) in [6.07, 6.45) is 1.46. The minimum atomic E-state index is -0.268. The monoisotopic (exact) mass is 278 g/mol. The van der Waals surface area contributed by atoms with Crippen molar-refractivity contribution >= 4 is 22.8 Å². The predicted octanol–water partition coefficient (Wildman–Crippen LogP) is 2.03. The number of nitrogens with zero attached hydrogens (tertiary/aromatic N) is 4. The molecule has 0 spiro atoms. The fraction of sp³-hybridized carbons (Fsp3) is 0.133. The highest BCUT2D eigenvalue weighted by Gasteiger charge is 2.25. The number of benzene rings is 1. The molecule has 4 rings (SSSR count). The quantitative estimate of drug-likeness (QED) is 0.713. The van der Waals surface area contributed by atoms with Crippen molar-refractivity contribution in [1.29, 1.82) is 0 Å². The van der Waals surface area contributed by atoms with Gasteiger partial charge < -0.3 is 11.1 Å². The van der Waals surface area contributed by atoms with Gasteiger partial charge in [-0.25, -0.2) is 14.7 Å². The number of fused-ring (bicyclic) bond motifs is 3. The Hall–Kier alpha value is -2.89. The molecule has 1 aliphatic heterocycles. The number of aromatic nitrogens is 3. The standard InChI is InChI=1S/C15H14N6/c1-9-4-6-10(7-5-9)13-18-15(16)19-14-11-3-2-8-17-12(11)20-21(13)14/h2-8,13H,1H3,(H3,16,18,19)/t13-/m0/s1. The van der Waals surface area contributed by atoms with Crippen LogP contribution in [-0.4, -0.2) is 20.7 Å². The SMILES string of the molecule is Cc1ccc([C@H]2N=C(N)Nc3c4cccnc4nn32)cc1. The minimum absolute atomic E-state index is 0.268. The van der Waals surface area contributed by atoms with Gasteiger partial charge in [-0.3, -0.25) is 0 Å². The van der Waals surface area contributed by atoms with Gasteiger partial charge in [0.1, 0.15) is 5.82 Å². The lowest BCUT2D eigenvalue weighted by molar-refractivity contribution is 0.546. The highest BCUT2D eigenvalue weighted by Crippen LogP contribution is 2.31. The van der Waals surface area contributed by atoms with E-state index >= 15 is 0 Å². The van der Waals surface area contributed by atoms with Crippen LogP contribution < -0.4 is 11.1 Å². The number of hydrogen-bond acceptors (Lipinski definition) is 5. The third-order valence-corrected chi connectivity index (χ3v) is 3.59. The molecule has 1 aliphatic rings. The number of rotatable bonds is 1. The molecule has 21 heavy (non-hydrogen) atoms. The molecule has 104 valence electrons. The molecule has 6 heteroatoms. The number of anilines is 1. The van der Waals surface area contributed by atoms with E-state index in [9.17, 15) is 0 Å². The fourth-order valence-electron chi connectivity index (χ4n) is 2.53. The molecular weight excluding hydrogens is 264 g/mol. The van der Waals surface area contributed by atoms with Crippen LogP contribution in [0.15, 0.2) is 47.6 Å². The Morgan fingerprint density at radius 3 is 2.81 bits per heavy atom. The predicted molar refractivity (Wildman–Crippen MR) is 82.1 cm³/mol. The Morgan fingerprint density at radius 2 is 2.00 bits per heavy atom. The van der Waals surface area contributed by atoms with Crippen LogP contribution in [0.2, 0.25) is 0 Å². The van der Waals surface area contributed by atoms with E-state index < -0.39 is 0 Å². The van der Waals surface area contributed by atoms with Crippen LogP contribution >= 0.6 is 0 Å². The van der Waals surface area contributed by atoms with Crippen molar-refractivity contribution in [1.82, 2.24) is 14.8 Å². The molecule has 0 bridgehead atoms. The lowest BCUT2D eigenvalue weighted by Crippen LogP contribution is -2.31. The summed E-state index contributed by atoms with van der Waals surface area (Å²) in [5, 5.41) is 8.57. The molecule has 0 saturated carbocycles. The lowest BCUT2D eigenvalue weighted by atomic mass is 10.1. The van der Waals surface area contributed by atoms with E-state index in [1.807, 2.05) is 28.9 Å². The normalized spacial score (nSPS) is 17.2. The summed E-state index contributed by atoms with van der Waals surface area (Å²) < 4.78 is 1.83. The van der Waals surface area contributed by atoms with Crippen LogP contribution in [0.4, 0.5) is 5.82 Å². The summed E-state index contributed by atoms with van der Waals surface area (Å²) in [6, 6.07) is 12.1. The molecule has 3 aromatic rings. The molecule has 2 aromatic heterocycles. The minimum Gasteiger partial charge on any atom is -0.370 e. The smallest absolute Gasteiger partial charge is 0.196 e. The van der Waals surface area contributed by atoms with Crippen molar-refractivity contribution in [3.05, 3.63) is 53.7 Å². The van der Waals surface area contributed by atoms with Crippen LogP contribution in [0.25, 0.3) is 11.0 Å². The van der Waals surface area contributed by atoms with Crippen LogP contribution in [0.3, 0.4) is 0 Å². The average Bonchev–Trinajstić information content (AvgIpc) is 2.86. The van der Waals surface area contributed by atoms with Crippen LogP contribution in [-0.2, 0) is 0 Å². The Labute approximate surface area is 121 Å². The third kappa shape index (κ3) is 1.84. The maximum atomic E-state index is 5.93. The van der Waals surface area contributed by atoms with Gasteiger partial charge >= 0.3 is 0 Å². The number of aryl methyl sites for hydroxylation is 1. The van der Waals surface area contributed by atoms with Crippen LogP contribution in [0.1, 0.15) is 17.3 Å². The molecule has 0 fully saturated rings. The molecule has 0 saturated heterocycles. The van der Waals surface area contributed by atoms with Gasteiger partial charge in [0.25, 0.3) is 0 Å². The average molecular weight is 278 g/mol. The first-order chi connectivity index (χ1) is 10.2. The summed E-state index contributed by atoms with van der Waals surface area (Å²) in [5.41, 5.74) is 8.86. The molecule has 0 radical (unpaired) electrons. The van der Waals surface area contributed by atoms with Crippen molar-refractivity contribution in [2.75, 3.05) is 5.32 Å². The first kappa shape index (κ1) is 11.9. The van der Waals surface area contributed by atoms with E-state index in [2.05, 4.69) is 39.4 Å². The van der Waals surface area contributed by atoms with Gasteiger partial charge in [0.15, 0.2) is 17.8 Å². The van der Waals surface area contributed by atoms with Gasteiger partial charge in [0, 0.05) is 6.20 Å². The Balaban J connectivity index is 1.92. The van der Waals surface area contributed by atoms with Crippen molar-refractivity contribution in [3.63, 3.8) is 0 Å². The Kier molecular flexibility index (Phi) is 2.44. The summed E-state index contributed by atoms with van der Waals surface area (Å²) in [7, 11) is 0. The first-order valence-corrected chi connectivity index (χ1v) is 6.72. The molecule has 3 heterocycles. The zero-order valence-corrected chi connectivity index (χ0v) is 11.5. The summed E-state index contributed by atoms with van der Waals surface area (Å²) >= 11 is 0. The molecule has 1 aromatic carbocycles. The summed E-state index contributed by atoms with van der Waals surface area (Å²) in [6.45, 7) is 2.06. The molecule has 1 atom stereocenters. The molecule has 0 unspecified atom stereocenters. The van der Waals surface area contributed by atoms with Crippen molar-refractivity contribution in [2.24, 2.45) is 10.7 Å². The van der Waals surface area contributed by atoms with E-state index in [-0.39, 0.29) is 6.17 Å². The second kappa shape index (κ2) is 4.31. The first-order valence-electron chi connectivity index (χ1n) is 6.72. The van der Waals surface area contributed by atoms with E-state index in [1.54, 1.807) is 6.20 Å². The molecular formula is C15H14N6. The van der Waals surface area contributed by atoms with Gasteiger partial charge in [0.05, 0.1) is 5.39 Å². The zero-order valence-electron chi connectivity index (χ0n) is 11.5. The van der Waals surface area contributed by atoms with Gasteiger partial charge in [-0.15, -0.1) is 5.10 Å². The van der Waals surface area contributed by atoms with Gasteiger partial charge in [-0.2, -0.15) is 0 Å². The Morgan fingerprint density at radius 1 is 1.19 bits per heavy atom. The second-order valence-electron chi connectivity index (χ2n) is 5.09. The van der Waals surface area contributed by atoms with Crippen molar-refractivity contribution < 1.29 is 0 Å². The van der Waals surface area contributed by atoms with E-state index in [1.165, 1.54) is 5.56 Å². The molecule has 0 amide bonds. The third-order valence-electron chi connectivity index (χ3n) is 3.59. The number of hydrogen-bond donors (Lipinski definition) is 2. The molecule has 6 nitrogen and oxygen atoms in total. The van der Waals surface area contributed by atoms with E-state index in [4.69, 9.17) is 5.73 Å². The Bertz CT molecular complexity index is 846. The maximum Gasteiger partial charge on any atom is 0.196 e. The van der Waals surface area contributed by atoms with Crippen LogP contribution in [0.5, 0.6) is 0 Å². The molecule has 0 aliphatic carbocycles. The van der Waals surface area contributed by atoms with Gasteiger partial charge in [-0.05, 0) is 24.6 Å². The number of nitrogens with one attached hydrogen (secondary N) is 1. The van der Waals surface area contributed by atoms with Crippen molar-refractivity contribution in [2.45, 2.75) is 13.1 Å². The highest BCUT2D eigenvalue weighted by atomic mass is 15.4. The lowest BCUT2D eigenvalue weighted by Gasteiger charge is -2.22. The van der Waals surface area contributed by atoms with Crippen LogP contribution in [0, 0.1) is 6.92 Å². The largest absolute Gasteiger partial charge is 0.370 e. The summed E-state index contributed by atoms with van der Waals surface area (Å²) in [4.78, 5) is 8.76. The number of nitrogens with two attached hydrogens (primary N) is 1. The second-order valence-corrected chi connectivity index (χ2v) is 5.09.